The Morgan fingerprint density at radius 1 is 1.30 bits per heavy atom. The van der Waals surface area contributed by atoms with Crippen LogP contribution in [0.4, 0.5) is 0 Å². The molecule has 1 aromatic heterocycles. The Bertz CT molecular complexity index is 583. The largest absolute Gasteiger partial charge is 0.385 e. The smallest absolute Gasteiger partial charge is 0.191 e. The van der Waals surface area contributed by atoms with Crippen LogP contribution in [0.1, 0.15) is 57.6 Å². The molecule has 0 atom stereocenters. The Hall–Kier alpha value is -0.900. The standard InChI is InChI=1S/C19H36N6O.HI/c1-15(2)12-19(8-6-9-19)14-22-18(20-10-7-11-26-5)21-13-17-24-23-16(3)25(17)4;/h15H,6-14H2,1-5H3,(H2,20,21,22);1H. The molecular formula is C19H37IN6O. The van der Waals surface area contributed by atoms with Gasteiger partial charge in [0.25, 0.3) is 0 Å². The highest BCUT2D eigenvalue weighted by molar-refractivity contribution is 14.0. The minimum absolute atomic E-state index is 0. The zero-order valence-electron chi connectivity index (χ0n) is 17.5. The molecule has 0 saturated heterocycles. The molecule has 0 aliphatic heterocycles. The van der Waals surface area contributed by atoms with Crippen LogP contribution in [0, 0.1) is 18.3 Å². The number of ether oxygens (including phenoxy) is 1. The van der Waals surface area contributed by atoms with E-state index in [9.17, 15) is 0 Å². The van der Waals surface area contributed by atoms with Gasteiger partial charge in [-0.15, -0.1) is 34.2 Å². The molecule has 0 unspecified atom stereocenters. The Morgan fingerprint density at radius 3 is 2.56 bits per heavy atom. The van der Waals surface area contributed by atoms with Crippen LogP contribution in [-0.2, 0) is 18.3 Å². The van der Waals surface area contributed by atoms with Crippen LogP contribution < -0.4 is 10.6 Å². The van der Waals surface area contributed by atoms with Crippen molar-refractivity contribution >= 4 is 29.9 Å². The number of halogens is 1. The van der Waals surface area contributed by atoms with Gasteiger partial charge in [0.1, 0.15) is 12.4 Å². The van der Waals surface area contributed by atoms with Gasteiger partial charge in [0.15, 0.2) is 11.8 Å². The fourth-order valence-corrected chi connectivity index (χ4v) is 3.60. The van der Waals surface area contributed by atoms with Crippen LogP contribution >= 0.6 is 24.0 Å². The number of aliphatic imine (C=N–C) groups is 1. The monoisotopic (exact) mass is 492 g/mol. The molecule has 0 amide bonds. The zero-order chi connectivity index (χ0) is 19.0. The van der Waals surface area contributed by atoms with Gasteiger partial charge in [0, 0.05) is 33.9 Å². The summed E-state index contributed by atoms with van der Waals surface area (Å²) in [5, 5.41) is 15.3. The van der Waals surface area contributed by atoms with Crippen molar-refractivity contribution in [1.29, 1.82) is 0 Å². The minimum atomic E-state index is 0. The number of nitrogens with one attached hydrogen (secondary N) is 2. The highest BCUT2D eigenvalue weighted by Gasteiger charge is 2.37. The first-order valence-electron chi connectivity index (χ1n) is 9.82. The molecule has 1 aromatic rings. The van der Waals surface area contributed by atoms with Gasteiger partial charge >= 0.3 is 0 Å². The van der Waals surface area contributed by atoms with E-state index in [-0.39, 0.29) is 24.0 Å². The highest BCUT2D eigenvalue weighted by atomic mass is 127. The second-order valence-electron chi connectivity index (χ2n) is 7.97. The zero-order valence-corrected chi connectivity index (χ0v) is 19.9. The molecular weight excluding hydrogens is 455 g/mol. The first-order chi connectivity index (χ1) is 12.5. The molecule has 0 aromatic carbocycles. The van der Waals surface area contributed by atoms with E-state index in [1.807, 2.05) is 18.5 Å². The Kier molecular flexibility index (Phi) is 10.6. The van der Waals surface area contributed by atoms with E-state index in [0.29, 0.717) is 12.0 Å². The fourth-order valence-electron chi connectivity index (χ4n) is 3.60. The number of hydrogen-bond acceptors (Lipinski definition) is 4. The number of aryl methyl sites for hydroxylation is 1. The van der Waals surface area contributed by atoms with Crippen molar-refractivity contribution in [3.05, 3.63) is 11.6 Å². The van der Waals surface area contributed by atoms with Crippen molar-refractivity contribution in [2.45, 2.75) is 59.4 Å². The summed E-state index contributed by atoms with van der Waals surface area (Å²) in [5.41, 5.74) is 0.435. The summed E-state index contributed by atoms with van der Waals surface area (Å²) in [7, 11) is 3.71. The topological polar surface area (TPSA) is 76.4 Å². The summed E-state index contributed by atoms with van der Waals surface area (Å²) in [6.07, 6.45) is 6.21. The molecule has 1 heterocycles. The minimum Gasteiger partial charge on any atom is -0.385 e. The number of rotatable bonds is 10. The molecule has 0 radical (unpaired) electrons. The summed E-state index contributed by atoms with van der Waals surface area (Å²) >= 11 is 0. The second-order valence-corrected chi connectivity index (χ2v) is 7.97. The van der Waals surface area contributed by atoms with Gasteiger partial charge in [-0.2, -0.15) is 0 Å². The second kappa shape index (κ2) is 11.8. The predicted octanol–water partition coefficient (Wildman–Crippen LogP) is 3.03. The third-order valence-corrected chi connectivity index (χ3v) is 5.27. The number of guanidine groups is 1. The number of aromatic nitrogens is 3. The molecule has 1 fully saturated rings. The summed E-state index contributed by atoms with van der Waals surface area (Å²) in [5.74, 6) is 3.37. The van der Waals surface area contributed by atoms with Gasteiger partial charge in [-0.1, -0.05) is 20.3 Å². The Morgan fingerprint density at radius 2 is 2.04 bits per heavy atom. The molecule has 2 rings (SSSR count). The number of hydrogen-bond donors (Lipinski definition) is 2. The van der Waals surface area contributed by atoms with E-state index >= 15 is 0 Å². The van der Waals surface area contributed by atoms with E-state index in [4.69, 9.17) is 9.73 Å². The van der Waals surface area contributed by atoms with E-state index in [1.165, 1.54) is 25.7 Å². The van der Waals surface area contributed by atoms with E-state index in [0.717, 1.165) is 49.6 Å². The lowest BCUT2D eigenvalue weighted by Crippen LogP contribution is -2.47. The maximum atomic E-state index is 5.13. The molecule has 0 spiro atoms. The summed E-state index contributed by atoms with van der Waals surface area (Å²) in [6.45, 7) is 9.68. The highest BCUT2D eigenvalue weighted by Crippen LogP contribution is 2.45. The van der Waals surface area contributed by atoms with Crippen LogP contribution in [-0.4, -0.2) is 47.5 Å². The first-order valence-corrected chi connectivity index (χ1v) is 9.82. The number of methoxy groups -OCH3 is 1. The van der Waals surface area contributed by atoms with Crippen molar-refractivity contribution in [2.75, 3.05) is 26.8 Å². The van der Waals surface area contributed by atoms with Crippen molar-refractivity contribution in [1.82, 2.24) is 25.4 Å². The van der Waals surface area contributed by atoms with Crippen molar-refractivity contribution in [3.8, 4) is 0 Å². The third-order valence-electron chi connectivity index (χ3n) is 5.27. The molecule has 2 N–H and O–H groups in total. The lowest BCUT2D eigenvalue weighted by molar-refractivity contribution is 0.104. The van der Waals surface area contributed by atoms with E-state index < -0.39 is 0 Å². The maximum absolute atomic E-state index is 5.13. The van der Waals surface area contributed by atoms with Crippen LogP contribution in [0.25, 0.3) is 0 Å². The van der Waals surface area contributed by atoms with E-state index in [1.54, 1.807) is 7.11 Å². The predicted molar refractivity (Wildman–Crippen MR) is 121 cm³/mol. The average Bonchev–Trinajstić information content (AvgIpc) is 2.89. The lowest BCUT2D eigenvalue weighted by Gasteiger charge is -2.43. The Labute approximate surface area is 181 Å². The molecule has 156 valence electrons. The molecule has 7 nitrogen and oxygen atoms in total. The van der Waals surface area contributed by atoms with Crippen molar-refractivity contribution in [3.63, 3.8) is 0 Å². The molecule has 1 aliphatic rings. The quantitative estimate of drug-likeness (QED) is 0.227. The van der Waals surface area contributed by atoms with Crippen molar-refractivity contribution in [2.24, 2.45) is 23.4 Å². The van der Waals surface area contributed by atoms with Gasteiger partial charge in [0.05, 0.1) is 0 Å². The first kappa shape index (κ1) is 24.1. The molecule has 0 bridgehead atoms. The molecule has 27 heavy (non-hydrogen) atoms. The van der Waals surface area contributed by atoms with Crippen LogP contribution in [0.2, 0.25) is 0 Å². The van der Waals surface area contributed by atoms with Gasteiger partial charge < -0.3 is 19.9 Å². The summed E-state index contributed by atoms with van der Waals surface area (Å²) in [4.78, 5) is 4.74. The van der Waals surface area contributed by atoms with Gasteiger partial charge in [0.2, 0.25) is 0 Å². The third kappa shape index (κ3) is 7.56. The maximum Gasteiger partial charge on any atom is 0.191 e. The SMILES string of the molecule is COCCCNC(=NCc1nnc(C)n1C)NCC1(CC(C)C)CCC1.I. The van der Waals surface area contributed by atoms with E-state index in [2.05, 4.69) is 34.7 Å². The fraction of sp³-hybridized carbons (Fsp3) is 0.842. The lowest BCUT2D eigenvalue weighted by atomic mass is 9.64. The van der Waals surface area contributed by atoms with Gasteiger partial charge in [-0.3, -0.25) is 0 Å². The van der Waals surface area contributed by atoms with Gasteiger partial charge in [-0.25, -0.2) is 4.99 Å². The normalized spacial score (nSPS) is 16.0. The van der Waals surface area contributed by atoms with Crippen molar-refractivity contribution < 1.29 is 4.74 Å². The summed E-state index contributed by atoms with van der Waals surface area (Å²) in [6, 6.07) is 0. The molecule has 1 saturated carbocycles. The Balaban J connectivity index is 0.00000364. The van der Waals surface area contributed by atoms with Gasteiger partial charge in [-0.05, 0) is 43.9 Å². The molecule has 8 heteroatoms. The average molecular weight is 492 g/mol. The van der Waals surface area contributed by atoms with Crippen LogP contribution in [0.3, 0.4) is 0 Å². The number of nitrogens with zero attached hydrogens (tertiary/aromatic N) is 4. The van der Waals surface area contributed by atoms with Crippen LogP contribution in [0.15, 0.2) is 4.99 Å². The van der Waals surface area contributed by atoms with Crippen LogP contribution in [0.5, 0.6) is 0 Å². The summed E-state index contributed by atoms with van der Waals surface area (Å²) < 4.78 is 7.12. The molecule has 1 aliphatic carbocycles.